The molecule has 2 aromatic carbocycles. The van der Waals surface area contributed by atoms with Gasteiger partial charge in [-0.1, -0.05) is 68.8 Å². The van der Waals surface area contributed by atoms with Crippen molar-refractivity contribution < 1.29 is 24.2 Å². The molecule has 0 aliphatic heterocycles. The zero-order valence-electron chi connectivity index (χ0n) is 19.6. The summed E-state index contributed by atoms with van der Waals surface area (Å²) in [6, 6.07) is 15.3. The number of fused-ring (bicyclic) bond motifs is 3. The van der Waals surface area contributed by atoms with Gasteiger partial charge >= 0.3 is 12.1 Å². The number of amides is 2. The van der Waals surface area contributed by atoms with Crippen LogP contribution in [0.15, 0.2) is 48.5 Å². The predicted octanol–water partition coefficient (Wildman–Crippen LogP) is 4.31. The van der Waals surface area contributed by atoms with Gasteiger partial charge < -0.3 is 20.5 Å². The average Bonchev–Trinajstić information content (AvgIpc) is 3.14. The number of carbonyl (C=O) groups excluding carboxylic acids is 2. The number of carbonyl (C=O) groups is 3. The zero-order chi connectivity index (χ0) is 24.2. The fourth-order valence-electron chi connectivity index (χ4n) is 5.15. The molecule has 3 N–H and O–H groups in total. The molecule has 4 rings (SSSR count). The monoisotopic (exact) mass is 464 g/mol. The van der Waals surface area contributed by atoms with Gasteiger partial charge in [0.25, 0.3) is 0 Å². The Hall–Kier alpha value is -3.35. The Bertz CT molecular complexity index is 1020. The van der Waals surface area contributed by atoms with Crippen LogP contribution in [0.1, 0.15) is 56.6 Å². The van der Waals surface area contributed by atoms with Crippen molar-refractivity contribution in [3.63, 3.8) is 0 Å². The van der Waals surface area contributed by atoms with E-state index in [1.807, 2.05) is 24.3 Å². The van der Waals surface area contributed by atoms with Crippen molar-refractivity contribution in [3.05, 3.63) is 59.7 Å². The van der Waals surface area contributed by atoms with Gasteiger partial charge in [-0.3, -0.25) is 4.79 Å². The maximum Gasteiger partial charge on any atom is 0.407 e. The van der Waals surface area contributed by atoms with Crippen molar-refractivity contribution in [1.82, 2.24) is 10.6 Å². The molecule has 2 unspecified atom stereocenters. The third kappa shape index (κ3) is 5.08. The minimum absolute atomic E-state index is 0.00739. The van der Waals surface area contributed by atoms with Crippen LogP contribution in [0.5, 0.6) is 0 Å². The highest BCUT2D eigenvalue weighted by Gasteiger charge is 2.33. The summed E-state index contributed by atoms with van der Waals surface area (Å²) in [4.78, 5) is 36.7. The molecule has 0 saturated heterocycles. The second-order valence-corrected chi connectivity index (χ2v) is 9.60. The maximum atomic E-state index is 12.7. The number of rotatable bonds is 7. The minimum Gasteiger partial charge on any atom is -0.480 e. The number of alkyl carbamates (subject to hydrolysis) is 1. The lowest BCUT2D eigenvalue weighted by Crippen LogP contribution is -2.49. The van der Waals surface area contributed by atoms with Gasteiger partial charge in [-0.2, -0.15) is 0 Å². The molecule has 2 amide bonds. The molecule has 1 saturated carbocycles. The lowest BCUT2D eigenvalue weighted by atomic mass is 9.85. The summed E-state index contributed by atoms with van der Waals surface area (Å²) in [5.74, 6) is -1.84. The molecule has 0 heterocycles. The quantitative estimate of drug-likeness (QED) is 0.566. The van der Waals surface area contributed by atoms with E-state index in [2.05, 4.69) is 34.9 Å². The summed E-state index contributed by atoms with van der Waals surface area (Å²) in [5.41, 5.74) is 4.66. The predicted molar refractivity (Wildman–Crippen MR) is 128 cm³/mol. The van der Waals surface area contributed by atoms with Crippen LogP contribution in [0, 0.1) is 11.8 Å². The van der Waals surface area contributed by atoms with E-state index in [1.54, 1.807) is 13.8 Å². The lowest BCUT2D eigenvalue weighted by molar-refractivity contribution is -0.144. The van der Waals surface area contributed by atoms with Crippen molar-refractivity contribution in [2.24, 2.45) is 11.8 Å². The SMILES string of the molecule is CC(C)[C@@H](NC(=O)C1CCCC(NC(=O)OCC2c3ccccc3-c3ccccc32)C1)C(=O)O. The van der Waals surface area contributed by atoms with E-state index in [0.717, 1.165) is 24.0 Å². The van der Waals surface area contributed by atoms with E-state index in [-0.39, 0.29) is 36.3 Å². The summed E-state index contributed by atoms with van der Waals surface area (Å²) < 4.78 is 5.64. The molecule has 180 valence electrons. The first kappa shape index (κ1) is 23.8. The number of hydrogen-bond donors (Lipinski definition) is 3. The first-order valence-corrected chi connectivity index (χ1v) is 12.0. The molecule has 0 spiro atoms. The number of hydrogen-bond acceptors (Lipinski definition) is 4. The van der Waals surface area contributed by atoms with Crippen LogP contribution in [-0.4, -0.2) is 41.8 Å². The van der Waals surface area contributed by atoms with Gasteiger partial charge in [0, 0.05) is 17.9 Å². The summed E-state index contributed by atoms with van der Waals surface area (Å²) >= 11 is 0. The minimum atomic E-state index is -1.03. The van der Waals surface area contributed by atoms with E-state index in [0.29, 0.717) is 12.8 Å². The second kappa shape index (κ2) is 10.3. The van der Waals surface area contributed by atoms with E-state index in [1.165, 1.54) is 11.1 Å². The molecule has 1 fully saturated rings. The van der Waals surface area contributed by atoms with Crippen molar-refractivity contribution in [1.29, 1.82) is 0 Å². The molecule has 7 heteroatoms. The van der Waals surface area contributed by atoms with Gasteiger partial charge in [-0.05, 0) is 47.4 Å². The normalized spacial score (nSPS) is 20.2. The summed E-state index contributed by atoms with van der Waals surface area (Å²) in [5, 5.41) is 14.9. The van der Waals surface area contributed by atoms with Crippen LogP contribution in [-0.2, 0) is 14.3 Å². The van der Waals surface area contributed by atoms with Gasteiger partial charge in [0.2, 0.25) is 5.91 Å². The summed E-state index contributed by atoms with van der Waals surface area (Å²) in [7, 11) is 0. The highest BCUT2D eigenvalue weighted by atomic mass is 16.5. The third-order valence-electron chi connectivity index (χ3n) is 6.94. The number of carboxylic acid groups (broad SMARTS) is 1. The van der Waals surface area contributed by atoms with Crippen molar-refractivity contribution >= 4 is 18.0 Å². The lowest BCUT2D eigenvalue weighted by Gasteiger charge is -2.30. The molecule has 0 aromatic heterocycles. The number of carboxylic acids is 1. The molecule has 0 bridgehead atoms. The Morgan fingerprint density at radius 1 is 1.00 bits per heavy atom. The van der Waals surface area contributed by atoms with Crippen LogP contribution in [0.4, 0.5) is 4.79 Å². The Morgan fingerprint density at radius 2 is 1.62 bits per heavy atom. The number of nitrogens with one attached hydrogen (secondary N) is 2. The Labute approximate surface area is 199 Å². The topological polar surface area (TPSA) is 105 Å². The molecule has 3 atom stereocenters. The van der Waals surface area contributed by atoms with Gasteiger partial charge in [0.1, 0.15) is 12.6 Å². The van der Waals surface area contributed by atoms with Gasteiger partial charge in [0.05, 0.1) is 0 Å². The molecule has 2 aromatic rings. The molecule has 2 aliphatic rings. The molecule has 34 heavy (non-hydrogen) atoms. The van der Waals surface area contributed by atoms with Crippen molar-refractivity contribution in [2.45, 2.75) is 57.5 Å². The summed E-state index contributed by atoms with van der Waals surface area (Å²) in [6.45, 7) is 3.77. The second-order valence-electron chi connectivity index (χ2n) is 9.60. The number of aliphatic carboxylic acids is 1. The fraction of sp³-hybridized carbons (Fsp3) is 0.444. The Balaban J connectivity index is 1.32. The molecule has 0 radical (unpaired) electrons. The first-order chi connectivity index (χ1) is 16.3. The standard InChI is InChI=1S/C27H32N2O5/c1-16(2)24(26(31)32)29-25(30)17-8-7-9-18(14-17)28-27(33)34-15-23-21-12-5-3-10-19(21)20-11-4-6-13-22(20)23/h3-6,10-13,16-18,23-24H,7-9,14-15H2,1-2H3,(H,28,33)(H,29,30)(H,31,32)/t17?,18?,24-/m1/s1. The van der Waals surface area contributed by atoms with E-state index < -0.39 is 18.1 Å². The highest BCUT2D eigenvalue weighted by Crippen LogP contribution is 2.44. The van der Waals surface area contributed by atoms with Crippen molar-refractivity contribution in [2.75, 3.05) is 6.61 Å². The van der Waals surface area contributed by atoms with E-state index in [4.69, 9.17) is 4.74 Å². The molecule has 7 nitrogen and oxygen atoms in total. The zero-order valence-corrected chi connectivity index (χ0v) is 19.6. The van der Waals surface area contributed by atoms with Crippen LogP contribution < -0.4 is 10.6 Å². The average molecular weight is 465 g/mol. The summed E-state index contributed by atoms with van der Waals surface area (Å²) in [6.07, 6.45) is 2.21. The largest absolute Gasteiger partial charge is 0.480 e. The maximum absolute atomic E-state index is 12.7. The van der Waals surface area contributed by atoms with Crippen molar-refractivity contribution in [3.8, 4) is 11.1 Å². The third-order valence-corrected chi connectivity index (χ3v) is 6.94. The first-order valence-electron chi connectivity index (χ1n) is 12.0. The van der Waals surface area contributed by atoms with Crippen LogP contribution in [0.25, 0.3) is 11.1 Å². The highest BCUT2D eigenvalue weighted by molar-refractivity contribution is 5.85. The van der Waals surface area contributed by atoms with Crippen LogP contribution >= 0.6 is 0 Å². The number of ether oxygens (including phenoxy) is 1. The van der Waals surface area contributed by atoms with Crippen LogP contribution in [0.2, 0.25) is 0 Å². The smallest absolute Gasteiger partial charge is 0.407 e. The van der Waals surface area contributed by atoms with Gasteiger partial charge in [0.15, 0.2) is 0 Å². The molecular weight excluding hydrogens is 432 g/mol. The van der Waals surface area contributed by atoms with Gasteiger partial charge in [-0.25, -0.2) is 9.59 Å². The Morgan fingerprint density at radius 3 is 2.21 bits per heavy atom. The Kier molecular flexibility index (Phi) is 7.20. The van der Waals surface area contributed by atoms with E-state index >= 15 is 0 Å². The fourth-order valence-corrected chi connectivity index (χ4v) is 5.15. The van der Waals surface area contributed by atoms with Crippen LogP contribution in [0.3, 0.4) is 0 Å². The molecular formula is C27H32N2O5. The van der Waals surface area contributed by atoms with E-state index in [9.17, 15) is 19.5 Å². The number of benzene rings is 2. The molecule has 2 aliphatic carbocycles. The van der Waals surface area contributed by atoms with Gasteiger partial charge in [-0.15, -0.1) is 0 Å².